The Morgan fingerprint density at radius 1 is 1.20 bits per heavy atom. The average Bonchev–Trinajstić information content (AvgIpc) is 2.90. The number of hydrogen-bond acceptors (Lipinski definition) is 3. The second-order valence-electron chi connectivity index (χ2n) is 7.47. The minimum Gasteiger partial charge on any atom is -0.378 e. The summed E-state index contributed by atoms with van der Waals surface area (Å²) in [6.07, 6.45) is 5.59. The highest BCUT2D eigenvalue weighted by atomic mass is 16.5. The van der Waals surface area contributed by atoms with Gasteiger partial charge in [-0.3, -0.25) is 4.90 Å². The molecule has 3 heteroatoms. The van der Waals surface area contributed by atoms with Gasteiger partial charge in [0.2, 0.25) is 0 Å². The smallest absolute Gasteiger partial charge is 0.0612 e. The lowest BCUT2D eigenvalue weighted by atomic mass is 9.93. The first-order valence-corrected chi connectivity index (χ1v) is 8.65. The van der Waals surface area contributed by atoms with Crippen LogP contribution < -0.4 is 5.32 Å². The summed E-state index contributed by atoms with van der Waals surface area (Å²) in [5.74, 6) is 1.39. The van der Waals surface area contributed by atoms with Crippen molar-refractivity contribution >= 4 is 0 Å². The first-order valence-electron chi connectivity index (χ1n) is 8.65. The van der Waals surface area contributed by atoms with Crippen LogP contribution >= 0.6 is 0 Å². The number of nitrogens with zero attached hydrogens (tertiary/aromatic N) is 1. The van der Waals surface area contributed by atoms with Crippen LogP contribution in [-0.4, -0.2) is 49.3 Å². The molecule has 0 saturated carbocycles. The number of ether oxygens (including phenoxy) is 1. The van der Waals surface area contributed by atoms with Crippen LogP contribution in [0.5, 0.6) is 0 Å². The lowest BCUT2D eigenvalue weighted by Crippen LogP contribution is -2.49. The molecule has 3 unspecified atom stereocenters. The zero-order valence-corrected chi connectivity index (χ0v) is 13.9. The average molecular weight is 282 g/mol. The molecule has 2 aliphatic heterocycles. The van der Waals surface area contributed by atoms with Crippen LogP contribution in [0.2, 0.25) is 0 Å². The summed E-state index contributed by atoms with van der Waals surface area (Å²) >= 11 is 0. The van der Waals surface area contributed by atoms with E-state index in [4.69, 9.17) is 4.74 Å². The summed E-state index contributed by atoms with van der Waals surface area (Å²) < 4.78 is 5.95. The van der Waals surface area contributed by atoms with Crippen LogP contribution in [0.4, 0.5) is 0 Å². The zero-order chi connectivity index (χ0) is 14.5. The molecule has 2 fully saturated rings. The van der Waals surface area contributed by atoms with E-state index >= 15 is 0 Å². The molecule has 118 valence electrons. The van der Waals surface area contributed by atoms with Gasteiger partial charge in [0.05, 0.1) is 6.10 Å². The molecule has 2 heterocycles. The van der Waals surface area contributed by atoms with Crippen molar-refractivity contribution in [1.82, 2.24) is 10.2 Å². The van der Waals surface area contributed by atoms with Gasteiger partial charge in [0.25, 0.3) is 0 Å². The predicted octanol–water partition coefficient (Wildman–Crippen LogP) is 2.90. The van der Waals surface area contributed by atoms with Crippen molar-refractivity contribution in [3.05, 3.63) is 0 Å². The van der Waals surface area contributed by atoms with Crippen molar-refractivity contribution in [3.8, 4) is 0 Å². The number of hydrogen-bond donors (Lipinski definition) is 1. The van der Waals surface area contributed by atoms with Crippen molar-refractivity contribution in [1.29, 1.82) is 0 Å². The molecule has 0 amide bonds. The fourth-order valence-electron chi connectivity index (χ4n) is 3.64. The van der Waals surface area contributed by atoms with E-state index in [0.29, 0.717) is 18.1 Å². The quantitative estimate of drug-likeness (QED) is 0.811. The minimum absolute atomic E-state index is 0.458. The fraction of sp³-hybridized carbons (Fsp3) is 1.00. The Bertz CT molecular complexity index is 274. The summed E-state index contributed by atoms with van der Waals surface area (Å²) in [6, 6.07) is 1.44. The van der Waals surface area contributed by atoms with Crippen LogP contribution in [0.1, 0.15) is 53.4 Å². The molecule has 20 heavy (non-hydrogen) atoms. The normalized spacial score (nSPS) is 31.6. The summed E-state index contributed by atoms with van der Waals surface area (Å²) in [6.45, 7) is 13.9. The van der Waals surface area contributed by atoms with Gasteiger partial charge in [-0.15, -0.1) is 0 Å². The number of nitrogens with one attached hydrogen (secondary N) is 1. The molecule has 0 radical (unpaired) electrons. The second kappa shape index (κ2) is 7.77. The Morgan fingerprint density at radius 3 is 2.60 bits per heavy atom. The topological polar surface area (TPSA) is 24.5 Å². The third kappa shape index (κ3) is 4.71. The molecule has 0 aromatic heterocycles. The van der Waals surface area contributed by atoms with Crippen LogP contribution in [0.15, 0.2) is 0 Å². The highest BCUT2D eigenvalue weighted by Gasteiger charge is 2.30. The number of rotatable bonds is 6. The van der Waals surface area contributed by atoms with Gasteiger partial charge >= 0.3 is 0 Å². The van der Waals surface area contributed by atoms with Crippen LogP contribution in [0.25, 0.3) is 0 Å². The zero-order valence-electron chi connectivity index (χ0n) is 13.9. The molecule has 3 atom stereocenters. The largest absolute Gasteiger partial charge is 0.378 e. The van der Waals surface area contributed by atoms with Gasteiger partial charge in [0.15, 0.2) is 0 Å². The molecule has 1 N–H and O–H groups in total. The summed E-state index contributed by atoms with van der Waals surface area (Å²) in [4.78, 5) is 2.76. The highest BCUT2D eigenvalue weighted by molar-refractivity contribution is 4.86. The summed E-state index contributed by atoms with van der Waals surface area (Å²) in [5, 5.41) is 3.66. The molecular formula is C17H34N2O. The minimum atomic E-state index is 0.458. The first-order chi connectivity index (χ1) is 9.56. The van der Waals surface area contributed by atoms with Crippen molar-refractivity contribution in [3.63, 3.8) is 0 Å². The Kier molecular flexibility index (Phi) is 6.31. The molecular weight excluding hydrogens is 248 g/mol. The highest BCUT2D eigenvalue weighted by Crippen LogP contribution is 2.25. The molecule has 3 nitrogen and oxygen atoms in total. The van der Waals surface area contributed by atoms with Gasteiger partial charge in [-0.25, -0.2) is 0 Å². The van der Waals surface area contributed by atoms with Crippen LogP contribution in [0, 0.1) is 11.8 Å². The van der Waals surface area contributed by atoms with E-state index in [1.807, 2.05) is 0 Å². The van der Waals surface area contributed by atoms with E-state index in [1.54, 1.807) is 0 Å². The monoisotopic (exact) mass is 282 g/mol. The molecule has 2 rings (SSSR count). The van der Waals surface area contributed by atoms with E-state index < -0.39 is 0 Å². The lowest BCUT2D eigenvalue weighted by Gasteiger charge is -2.40. The standard InChI is InChI=1S/C17H34N2O/c1-13(2)11-19(12-15-6-5-8-18-15)16-7-9-20-17(10-16)14(3)4/h13-18H,5-12H2,1-4H3. The molecule has 2 aliphatic rings. The Balaban J connectivity index is 1.93. The van der Waals surface area contributed by atoms with Crippen molar-refractivity contribution in [2.45, 2.75) is 71.6 Å². The SMILES string of the molecule is CC(C)CN(CC1CCCN1)C1CCOC(C(C)C)C1. The van der Waals surface area contributed by atoms with Crippen LogP contribution in [-0.2, 0) is 4.74 Å². The molecule has 0 bridgehead atoms. The van der Waals surface area contributed by atoms with Gasteiger partial charge in [-0.2, -0.15) is 0 Å². The second-order valence-corrected chi connectivity index (χ2v) is 7.47. The summed E-state index contributed by atoms with van der Waals surface area (Å²) in [7, 11) is 0. The van der Waals surface area contributed by atoms with E-state index in [9.17, 15) is 0 Å². The lowest BCUT2D eigenvalue weighted by molar-refractivity contribution is -0.0512. The Hall–Kier alpha value is -0.120. The van der Waals surface area contributed by atoms with Crippen molar-refractivity contribution in [2.75, 3.05) is 26.2 Å². The van der Waals surface area contributed by atoms with E-state index in [-0.39, 0.29) is 0 Å². The maximum absolute atomic E-state index is 5.95. The first kappa shape index (κ1) is 16.3. The fourth-order valence-corrected chi connectivity index (χ4v) is 3.64. The van der Waals surface area contributed by atoms with Gasteiger partial charge in [0, 0.05) is 31.8 Å². The van der Waals surface area contributed by atoms with Gasteiger partial charge < -0.3 is 10.1 Å². The van der Waals surface area contributed by atoms with E-state index in [0.717, 1.165) is 18.6 Å². The Labute approximate surface area is 125 Å². The molecule has 0 aromatic carbocycles. The van der Waals surface area contributed by atoms with Gasteiger partial charge in [0.1, 0.15) is 0 Å². The van der Waals surface area contributed by atoms with E-state index in [1.165, 1.54) is 45.3 Å². The van der Waals surface area contributed by atoms with Crippen molar-refractivity contribution in [2.24, 2.45) is 11.8 Å². The maximum atomic E-state index is 5.95. The maximum Gasteiger partial charge on any atom is 0.0612 e. The van der Waals surface area contributed by atoms with E-state index in [2.05, 4.69) is 37.9 Å². The van der Waals surface area contributed by atoms with Crippen molar-refractivity contribution < 1.29 is 4.74 Å². The third-order valence-corrected chi connectivity index (χ3v) is 4.76. The summed E-state index contributed by atoms with van der Waals surface area (Å²) in [5.41, 5.74) is 0. The van der Waals surface area contributed by atoms with Gasteiger partial charge in [-0.1, -0.05) is 27.7 Å². The van der Waals surface area contributed by atoms with Gasteiger partial charge in [-0.05, 0) is 44.1 Å². The molecule has 0 spiro atoms. The molecule has 2 saturated heterocycles. The predicted molar refractivity (Wildman–Crippen MR) is 85.0 cm³/mol. The molecule has 0 aromatic rings. The Morgan fingerprint density at radius 2 is 2.00 bits per heavy atom. The van der Waals surface area contributed by atoms with Crippen LogP contribution in [0.3, 0.4) is 0 Å². The third-order valence-electron chi connectivity index (χ3n) is 4.76. The molecule has 0 aliphatic carbocycles.